The fraction of sp³-hybridized carbons (Fsp3) is 0.300. The largest absolute Gasteiger partial charge is 0.465 e. The monoisotopic (exact) mass is 368 g/mol. The second-order valence-electron chi connectivity index (χ2n) is 6.82. The Labute approximate surface area is 156 Å². The summed E-state index contributed by atoms with van der Waals surface area (Å²) in [6, 6.07) is 14.5. The quantitative estimate of drug-likeness (QED) is 0.740. The number of hydrogen-bond donors (Lipinski definition) is 2. The molecule has 1 aliphatic heterocycles. The van der Waals surface area contributed by atoms with Crippen molar-refractivity contribution >= 4 is 23.1 Å². The van der Waals surface area contributed by atoms with E-state index in [1.54, 1.807) is 12.1 Å². The molecule has 2 aromatic carbocycles. The summed E-state index contributed by atoms with van der Waals surface area (Å²) in [4.78, 5) is 17.9. The summed E-state index contributed by atoms with van der Waals surface area (Å²) < 4.78 is 15.4. The van der Waals surface area contributed by atoms with E-state index in [0.717, 1.165) is 48.5 Å². The van der Waals surface area contributed by atoms with Crippen LogP contribution >= 0.6 is 0 Å². The number of nitrogens with zero attached hydrogens (tertiary/aromatic N) is 3. The Hall–Kier alpha value is -3.09. The van der Waals surface area contributed by atoms with Crippen molar-refractivity contribution < 1.29 is 14.3 Å². The summed E-state index contributed by atoms with van der Waals surface area (Å²) in [6.45, 7) is 2.07. The van der Waals surface area contributed by atoms with E-state index in [0.29, 0.717) is 6.54 Å². The molecule has 0 spiro atoms. The molecule has 4 rings (SSSR count). The van der Waals surface area contributed by atoms with Gasteiger partial charge < -0.3 is 19.9 Å². The molecule has 1 saturated heterocycles. The highest BCUT2D eigenvalue weighted by Gasteiger charge is 2.24. The van der Waals surface area contributed by atoms with Crippen molar-refractivity contribution in [3.63, 3.8) is 0 Å². The fourth-order valence-corrected chi connectivity index (χ4v) is 3.63. The lowest BCUT2D eigenvalue weighted by atomic mass is 10.1. The van der Waals surface area contributed by atoms with E-state index in [1.807, 2.05) is 24.3 Å². The number of imidazole rings is 1. The molecule has 0 bridgehead atoms. The van der Waals surface area contributed by atoms with Crippen molar-refractivity contribution in [3.8, 4) is 0 Å². The van der Waals surface area contributed by atoms with Gasteiger partial charge in [-0.05, 0) is 42.7 Å². The van der Waals surface area contributed by atoms with Crippen LogP contribution < -0.4 is 10.2 Å². The number of nitrogens with one attached hydrogen (secondary N) is 1. The zero-order valence-corrected chi connectivity index (χ0v) is 14.8. The SMILES string of the molecule is O=C(O)NC1CCN(c2nc3ccccc3n2Cc2ccc(F)cc2)CC1. The first kappa shape index (κ1) is 17.3. The van der Waals surface area contributed by atoms with Crippen molar-refractivity contribution in [1.29, 1.82) is 0 Å². The molecule has 2 N–H and O–H groups in total. The third-order valence-corrected chi connectivity index (χ3v) is 4.99. The van der Waals surface area contributed by atoms with Gasteiger partial charge in [0, 0.05) is 19.1 Å². The Morgan fingerprint density at radius 3 is 2.56 bits per heavy atom. The molecule has 140 valence electrons. The molecule has 0 radical (unpaired) electrons. The average molecular weight is 368 g/mol. The fourth-order valence-electron chi connectivity index (χ4n) is 3.63. The topological polar surface area (TPSA) is 70.4 Å². The summed E-state index contributed by atoms with van der Waals surface area (Å²) in [6.07, 6.45) is 0.509. The Morgan fingerprint density at radius 1 is 1.15 bits per heavy atom. The number of carbonyl (C=O) groups is 1. The maximum atomic E-state index is 13.2. The zero-order valence-electron chi connectivity index (χ0n) is 14.8. The number of piperidine rings is 1. The van der Waals surface area contributed by atoms with E-state index < -0.39 is 6.09 Å². The van der Waals surface area contributed by atoms with Crippen LogP contribution in [0.1, 0.15) is 18.4 Å². The zero-order chi connectivity index (χ0) is 18.8. The molecule has 0 atom stereocenters. The van der Waals surface area contributed by atoms with Gasteiger partial charge in [-0.15, -0.1) is 0 Å². The van der Waals surface area contributed by atoms with Crippen LogP contribution in [0.5, 0.6) is 0 Å². The first-order valence-corrected chi connectivity index (χ1v) is 9.04. The third-order valence-electron chi connectivity index (χ3n) is 4.99. The Morgan fingerprint density at radius 2 is 1.85 bits per heavy atom. The van der Waals surface area contributed by atoms with Gasteiger partial charge in [0.1, 0.15) is 5.82 Å². The maximum Gasteiger partial charge on any atom is 0.404 e. The maximum absolute atomic E-state index is 13.2. The van der Waals surface area contributed by atoms with Crippen LogP contribution in [-0.2, 0) is 6.54 Å². The van der Waals surface area contributed by atoms with Gasteiger partial charge in [0.25, 0.3) is 0 Å². The minimum Gasteiger partial charge on any atom is -0.465 e. The molecule has 27 heavy (non-hydrogen) atoms. The van der Waals surface area contributed by atoms with Gasteiger partial charge in [-0.1, -0.05) is 24.3 Å². The van der Waals surface area contributed by atoms with Gasteiger partial charge >= 0.3 is 6.09 Å². The standard InChI is InChI=1S/C20H21FN4O2/c21-15-7-5-14(6-8-15)13-25-18-4-2-1-3-17(18)23-19(25)24-11-9-16(10-12-24)22-20(26)27/h1-8,16,22H,9-13H2,(H,26,27). The van der Waals surface area contributed by atoms with Crippen molar-refractivity contribution in [3.05, 3.63) is 59.9 Å². The number of aromatic nitrogens is 2. The molecule has 6 nitrogen and oxygen atoms in total. The van der Waals surface area contributed by atoms with Crippen molar-refractivity contribution in [2.45, 2.75) is 25.4 Å². The molecular weight excluding hydrogens is 347 g/mol. The highest BCUT2D eigenvalue weighted by molar-refractivity contribution is 5.79. The summed E-state index contributed by atoms with van der Waals surface area (Å²) >= 11 is 0. The number of carboxylic acid groups (broad SMARTS) is 1. The number of anilines is 1. The van der Waals surface area contributed by atoms with Crippen molar-refractivity contribution in [2.24, 2.45) is 0 Å². The van der Waals surface area contributed by atoms with Crippen LogP contribution in [0.15, 0.2) is 48.5 Å². The molecule has 1 aliphatic rings. The molecule has 7 heteroatoms. The highest BCUT2D eigenvalue weighted by atomic mass is 19.1. The summed E-state index contributed by atoms with van der Waals surface area (Å²) in [5.41, 5.74) is 2.95. The van der Waals surface area contributed by atoms with Crippen LogP contribution in [0.4, 0.5) is 15.1 Å². The summed E-state index contributed by atoms with van der Waals surface area (Å²) in [7, 11) is 0. The number of para-hydroxylation sites is 2. The first-order chi connectivity index (χ1) is 13.1. The Balaban J connectivity index is 1.62. The van der Waals surface area contributed by atoms with Gasteiger partial charge in [-0.2, -0.15) is 0 Å². The highest BCUT2D eigenvalue weighted by Crippen LogP contribution is 2.26. The average Bonchev–Trinajstić information content (AvgIpc) is 3.02. The van der Waals surface area contributed by atoms with E-state index in [1.165, 1.54) is 12.1 Å². The van der Waals surface area contributed by atoms with Crippen LogP contribution in [0.2, 0.25) is 0 Å². The Kier molecular flexibility index (Phi) is 4.66. The smallest absolute Gasteiger partial charge is 0.404 e. The third kappa shape index (κ3) is 3.72. The van der Waals surface area contributed by atoms with Gasteiger partial charge in [0.2, 0.25) is 5.95 Å². The van der Waals surface area contributed by atoms with Gasteiger partial charge in [0.15, 0.2) is 0 Å². The van der Waals surface area contributed by atoms with Crippen molar-refractivity contribution in [1.82, 2.24) is 14.9 Å². The molecule has 0 saturated carbocycles. The van der Waals surface area contributed by atoms with E-state index in [2.05, 4.69) is 14.8 Å². The molecular formula is C20H21FN4O2. The second-order valence-corrected chi connectivity index (χ2v) is 6.82. The number of amides is 1. The van der Waals surface area contributed by atoms with E-state index in [4.69, 9.17) is 10.1 Å². The minimum absolute atomic E-state index is 0.0197. The molecule has 1 aromatic heterocycles. The number of benzene rings is 2. The first-order valence-electron chi connectivity index (χ1n) is 9.04. The van der Waals surface area contributed by atoms with Crippen molar-refractivity contribution in [2.75, 3.05) is 18.0 Å². The number of fused-ring (bicyclic) bond motifs is 1. The van der Waals surface area contributed by atoms with E-state index in [-0.39, 0.29) is 11.9 Å². The van der Waals surface area contributed by atoms with E-state index in [9.17, 15) is 9.18 Å². The number of hydrogen-bond acceptors (Lipinski definition) is 3. The Bertz CT molecular complexity index is 946. The number of rotatable bonds is 4. The van der Waals surface area contributed by atoms with Gasteiger partial charge in [-0.25, -0.2) is 14.2 Å². The lowest BCUT2D eigenvalue weighted by Gasteiger charge is -2.32. The van der Waals surface area contributed by atoms with Crippen LogP contribution in [0.3, 0.4) is 0 Å². The molecule has 1 fully saturated rings. The predicted octanol–water partition coefficient (Wildman–Crippen LogP) is 3.46. The molecule has 0 unspecified atom stereocenters. The lowest BCUT2D eigenvalue weighted by molar-refractivity contribution is 0.187. The number of halogens is 1. The molecule has 3 aromatic rings. The lowest BCUT2D eigenvalue weighted by Crippen LogP contribution is -2.45. The van der Waals surface area contributed by atoms with E-state index >= 15 is 0 Å². The summed E-state index contributed by atoms with van der Waals surface area (Å²) in [5, 5.41) is 11.5. The van der Waals surface area contributed by atoms with Gasteiger partial charge in [0.05, 0.1) is 17.6 Å². The molecule has 2 heterocycles. The molecule has 1 amide bonds. The van der Waals surface area contributed by atoms with Crippen LogP contribution in [0.25, 0.3) is 11.0 Å². The van der Waals surface area contributed by atoms with Gasteiger partial charge in [-0.3, -0.25) is 0 Å². The second kappa shape index (κ2) is 7.26. The predicted molar refractivity (Wildman–Crippen MR) is 102 cm³/mol. The molecule has 0 aliphatic carbocycles. The summed E-state index contributed by atoms with van der Waals surface area (Å²) in [5.74, 6) is 0.622. The minimum atomic E-state index is -0.975. The normalized spacial score (nSPS) is 15.2. The van der Waals surface area contributed by atoms with Crippen LogP contribution in [0, 0.1) is 5.82 Å². The van der Waals surface area contributed by atoms with Crippen LogP contribution in [-0.4, -0.2) is 39.9 Å².